The summed E-state index contributed by atoms with van der Waals surface area (Å²) in [5.41, 5.74) is 2.43. The molecule has 0 radical (unpaired) electrons. The molecule has 3 atom stereocenters. The predicted molar refractivity (Wildman–Crippen MR) is 95.5 cm³/mol. The van der Waals surface area contributed by atoms with E-state index in [-0.39, 0.29) is 23.5 Å². The SMILES string of the molecule is O=C(c1cccs1)C1C(c2ccccc2)C1c1ccc(Cl)cc1. The number of benzene rings is 2. The molecular formula is C20H15ClOS. The van der Waals surface area contributed by atoms with Crippen molar-refractivity contribution in [1.82, 2.24) is 0 Å². The van der Waals surface area contributed by atoms with Crippen molar-refractivity contribution in [2.75, 3.05) is 0 Å². The first-order chi connectivity index (χ1) is 11.3. The van der Waals surface area contributed by atoms with Crippen LogP contribution in [-0.4, -0.2) is 5.78 Å². The molecule has 1 aliphatic carbocycles. The molecule has 114 valence electrons. The molecule has 0 saturated heterocycles. The van der Waals surface area contributed by atoms with Crippen LogP contribution in [0.1, 0.15) is 32.6 Å². The quantitative estimate of drug-likeness (QED) is 0.551. The summed E-state index contributed by atoms with van der Waals surface area (Å²) in [6.45, 7) is 0. The van der Waals surface area contributed by atoms with Gasteiger partial charge in [0, 0.05) is 22.8 Å². The maximum atomic E-state index is 12.9. The summed E-state index contributed by atoms with van der Waals surface area (Å²) in [5.74, 6) is 0.780. The first-order valence-electron chi connectivity index (χ1n) is 7.64. The number of halogens is 1. The van der Waals surface area contributed by atoms with E-state index in [9.17, 15) is 4.79 Å². The molecule has 0 N–H and O–H groups in total. The standard InChI is InChI=1S/C20H15ClOS/c21-15-10-8-14(9-11-15)18-17(13-5-2-1-3-6-13)19(18)20(22)16-7-4-12-23-16/h1-12,17-19H. The normalized spacial score (nSPS) is 22.7. The van der Waals surface area contributed by atoms with Crippen molar-refractivity contribution in [3.63, 3.8) is 0 Å². The summed E-state index contributed by atoms with van der Waals surface area (Å²) in [6, 6.07) is 22.1. The summed E-state index contributed by atoms with van der Waals surface area (Å²) in [7, 11) is 0. The van der Waals surface area contributed by atoms with Crippen molar-refractivity contribution in [3.05, 3.63) is 93.1 Å². The van der Waals surface area contributed by atoms with Gasteiger partial charge in [0.25, 0.3) is 0 Å². The van der Waals surface area contributed by atoms with Gasteiger partial charge < -0.3 is 0 Å². The molecule has 23 heavy (non-hydrogen) atoms. The highest BCUT2D eigenvalue weighted by atomic mass is 35.5. The molecule has 0 amide bonds. The van der Waals surface area contributed by atoms with Crippen LogP contribution in [0.2, 0.25) is 5.02 Å². The van der Waals surface area contributed by atoms with Gasteiger partial charge in [-0.25, -0.2) is 0 Å². The summed E-state index contributed by atoms with van der Waals surface area (Å²) in [6.07, 6.45) is 0. The van der Waals surface area contributed by atoms with Crippen molar-refractivity contribution >= 4 is 28.7 Å². The molecule has 1 aliphatic rings. The fourth-order valence-corrected chi connectivity index (χ4v) is 4.25. The third-order valence-corrected chi connectivity index (χ3v) is 5.66. The van der Waals surface area contributed by atoms with Crippen molar-refractivity contribution in [1.29, 1.82) is 0 Å². The second-order valence-electron chi connectivity index (χ2n) is 5.88. The van der Waals surface area contributed by atoms with E-state index < -0.39 is 0 Å². The molecule has 4 rings (SSSR count). The lowest BCUT2D eigenvalue weighted by atomic mass is 10.0. The van der Waals surface area contributed by atoms with E-state index in [4.69, 9.17) is 11.6 Å². The first kappa shape index (κ1) is 14.7. The lowest BCUT2D eigenvalue weighted by Crippen LogP contribution is -2.01. The predicted octanol–water partition coefficient (Wildman–Crippen LogP) is 5.78. The molecule has 0 bridgehead atoms. The van der Waals surface area contributed by atoms with Crippen LogP contribution in [-0.2, 0) is 0 Å². The lowest BCUT2D eigenvalue weighted by Gasteiger charge is -2.01. The third-order valence-electron chi connectivity index (χ3n) is 4.53. The van der Waals surface area contributed by atoms with Crippen molar-refractivity contribution < 1.29 is 4.79 Å². The molecule has 3 heteroatoms. The van der Waals surface area contributed by atoms with Crippen LogP contribution in [0.5, 0.6) is 0 Å². The number of Topliss-reactive ketones (excluding diaryl/α,β-unsaturated/α-hetero) is 1. The molecular weight excluding hydrogens is 324 g/mol. The van der Waals surface area contributed by atoms with Gasteiger partial charge in [-0.05, 0) is 34.7 Å². The van der Waals surface area contributed by atoms with Crippen LogP contribution in [0.25, 0.3) is 0 Å². The van der Waals surface area contributed by atoms with Crippen molar-refractivity contribution in [2.45, 2.75) is 11.8 Å². The first-order valence-corrected chi connectivity index (χ1v) is 8.89. The zero-order chi connectivity index (χ0) is 15.8. The van der Waals surface area contributed by atoms with Gasteiger partial charge in [0.1, 0.15) is 0 Å². The average Bonchev–Trinajstić information content (AvgIpc) is 3.08. The third kappa shape index (κ3) is 2.73. The fraction of sp³-hybridized carbons (Fsp3) is 0.150. The molecule has 0 spiro atoms. The van der Waals surface area contributed by atoms with Crippen LogP contribution >= 0.6 is 22.9 Å². The minimum Gasteiger partial charge on any atom is -0.293 e. The second kappa shape index (κ2) is 5.95. The Bertz CT molecular complexity index is 809. The van der Waals surface area contributed by atoms with E-state index in [1.807, 2.05) is 60.0 Å². The van der Waals surface area contributed by atoms with Gasteiger partial charge in [0.2, 0.25) is 0 Å². The Labute approximate surface area is 144 Å². The Hall–Kier alpha value is -1.90. The van der Waals surface area contributed by atoms with Gasteiger partial charge in [-0.15, -0.1) is 11.3 Å². The highest BCUT2D eigenvalue weighted by Crippen LogP contribution is 2.61. The molecule has 3 unspecified atom stereocenters. The van der Waals surface area contributed by atoms with E-state index >= 15 is 0 Å². The number of carbonyl (C=O) groups excluding carboxylic acids is 1. The molecule has 2 aromatic carbocycles. The smallest absolute Gasteiger partial charge is 0.177 e. The van der Waals surface area contributed by atoms with Gasteiger partial charge in [-0.2, -0.15) is 0 Å². The maximum Gasteiger partial charge on any atom is 0.177 e. The van der Waals surface area contributed by atoms with Gasteiger partial charge in [-0.3, -0.25) is 4.79 Å². The molecule has 1 saturated carbocycles. The average molecular weight is 339 g/mol. The Morgan fingerprint density at radius 2 is 1.48 bits per heavy atom. The van der Waals surface area contributed by atoms with Crippen molar-refractivity contribution in [3.8, 4) is 0 Å². The van der Waals surface area contributed by atoms with Crippen molar-refractivity contribution in [2.24, 2.45) is 5.92 Å². The Balaban J connectivity index is 1.70. The zero-order valence-electron chi connectivity index (χ0n) is 12.4. The van der Waals surface area contributed by atoms with Crippen LogP contribution < -0.4 is 0 Å². The molecule has 1 nitrogen and oxygen atoms in total. The zero-order valence-corrected chi connectivity index (χ0v) is 13.9. The van der Waals surface area contributed by atoms with Gasteiger partial charge in [-0.1, -0.05) is 60.1 Å². The van der Waals surface area contributed by atoms with E-state index in [2.05, 4.69) is 12.1 Å². The van der Waals surface area contributed by atoms with Crippen LogP contribution in [0, 0.1) is 5.92 Å². The maximum absolute atomic E-state index is 12.9. The van der Waals surface area contributed by atoms with Gasteiger partial charge in [0.05, 0.1) is 4.88 Å². The minimum atomic E-state index is 0.0252. The molecule has 1 fully saturated rings. The second-order valence-corrected chi connectivity index (χ2v) is 7.27. The summed E-state index contributed by atoms with van der Waals surface area (Å²) in [5, 5.41) is 2.69. The fourth-order valence-electron chi connectivity index (χ4n) is 3.41. The summed E-state index contributed by atoms with van der Waals surface area (Å²) in [4.78, 5) is 13.7. The summed E-state index contributed by atoms with van der Waals surface area (Å²) >= 11 is 7.53. The Morgan fingerprint density at radius 1 is 0.826 bits per heavy atom. The lowest BCUT2D eigenvalue weighted by molar-refractivity contribution is 0.0967. The number of rotatable bonds is 4. The van der Waals surface area contributed by atoms with Gasteiger partial charge >= 0.3 is 0 Å². The highest BCUT2D eigenvalue weighted by molar-refractivity contribution is 7.12. The van der Waals surface area contributed by atoms with Crippen LogP contribution in [0.4, 0.5) is 0 Å². The summed E-state index contributed by atoms with van der Waals surface area (Å²) < 4.78 is 0. The minimum absolute atomic E-state index is 0.0252. The van der Waals surface area contributed by atoms with Crippen LogP contribution in [0.3, 0.4) is 0 Å². The highest BCUT2D eigenvalue weighted by Gasteiger charge is 2.55. The van der Waals surface area contributed by atoms with Crippen LogP contribution in [0.15, 0.2) is 72.1 Å². The van der Waals surface area contributed by atoms with E-state index in [1.165, 1.54) is 22.5 Å². The molecule has 0 aliphatic heterocycles. The molecule has 3 aromatic rings. The van der Waals surface area contributed by atoms with E-state index in [1.54, 1.807) is 0 Å². The van der Waals surface area contributed by atoms with Gasteiger partial charge in [0.15, 0.2) is 5.78 Å². The molecule has 1 aromatic heterocycles. The largest absolute Gasteiger partial charge is 0.293 e. The number of hydrogen-bond donors (Lipinski definition) is 0. The van der Waals surface area contributed by atoms with E-state index in [0.717, 1.165) is 9.90 Å². The number of hydrogen-bond acceptors (Lipinski definition) is 2. The number of thiophene rings is 1. The number of carbonyl (C=O) groups is 1. The molecule has 1 heterocycles. The topological polar surface area (TPSA) is 17.1 Å². The Kier molecular flexibility index (Phi) is 3.80. The monoisotopic (exact) mass is 338 g/mol. The van der Waals surface area contributed by atoms with E-state index in [0.29, 0.717) is 0 Å². The Morgan fingerprint density at radius 3 is 2.09 bits per heavy atom. The number of ketones is 1.